The molecule has 0 aliphatic carbocycles. The summed E-state index contributed by atoms with van der Waals surface area (Å²) < 4.78 is 46.1. The fourth-order valence-corrected chi connectivity index (χ4v) is 4.51. The van der Waals surface area contributed by atoms with E-state index in [0.29, 0.717) is 49.5 Å². The van der Waals surface area contributed by atoms with Gasteiger partial charge in [0.2, 0.25) is 10.0 Å². The van der Waals surface area contributed by atoms with E-state index >= 15 is 0 Å². The van der Waals surface area contributed by atoms with Crippen molar-refractivity contribution < 1.29 is 27.2 Å². The third kappa shape index (κ3) is 7.54. The van der Waals surface area contributed by atoms with Crippen molar-refractivity contribution in [2.75, 3.05) is 45.7 Å². The van der Waals surface area contributed by atoms with Gasteiger partial charge in [-0.3, -0.25) is 10.1 Å². The van der Waals surface area contributed by atoms with E-state index in [1.807, 2.05) is 19.0 Å². The van der Waals surface area contributed by atoms with Gasteiger partial charge in [0, 0.05) is 18.5 Å². The highest BCUT2D eigenvalue weighted by Crippen LogP contribution is 2.18. The molecule has 0 spiro atoms. The van der Waals surface area contributed by atoms with E-state index in [1.165, 1.54) is 24.3 Å². The molecule has 3 rings (SSSR count). The third-order valence-corrected chi connectivity index (χ3v) is 6.78. The number of nitrogens with zero attached hydrogens (tertiary/aromatic N) is 3. The van der Waals surface area contributed by atoms with Crippen LogP contribution in [0.3, 0.4) is 0 Å². The first-order chi connectivity index (χ1) is 15.7. The second-order valence-electron chi connectivity index (χ2n) is 7.53. The number of sulfonamides is 1. The Hall–Kier alpha value is -2.45. The van der Waals surface area contributed by atoms with Crippen LogP contribution >= 0.6 is 11.3 Å². The number of aromatic nitrogens is 1. The average Bonchev–Trinajstić information content (AvgIpc) is 3.43. The van der Waals surface area contributed by atoms with Gasteiger partial charge < -0.3 is 14.5 Å². The van der Waals surface area contributed by atoms with E-state index < -0.39 is 21.1 Å². The summed E-state index contributed by atoms with van der Waals surface area (Å²) in [6, 6.07) is 5.69. The van der Waals surface area contributed by atoms with Crippen molar-refractivity contribution in [1.82, 2.24) is 14.6 Å². The van der Waals surface area contributed by atoms with Gasteiger partial charge in [0.05, 0.1) is 24.3 Å². The van der Waals surface area contributed by atoms with Crippen molar-refractivity contribution in [3.05, 3.63) is 41.2 Å². The van der Waals surface area contributed by atoms with Crippen LogP contribution in [-0.4, -0.2) is 76.4 Å². The molecule has 2 heterocycles. The monoisotopic (exact) mass is 499 g/mol. The van der Waals surface area contributed by atoms with Crippen molar-refractivity contribution in [1.29, 1.82) is 0 Å². The van der Waals surface area contributed by atoms with Gasteiger partial charge in [0.1, 0.15) is 0 Å². The summed E-state index contributed by atoms with van der Waals surface area (Å²) in [5.41, 5.74) is 0.232. The molecule has 10 nitrogen and oxygen atoms in total. The third-order valence-electron chi connectivity index (χ3n) is 4.61. The lowest BCUT2D eigenvalue weighted by Gasteiger charge is -2.12. The molecule has 1 amide bonds. The van der Waals surface area contributed by atoms with Crippen LogP contribution in [0.1, 0.15) is 18.4 Å². The Balaban J connectivity index is 1.75. The van der Waals surface area contributed by atoms with Gasteiger partial charge in [0.15, 0.2) is 22.1 Å². The van der Waals surface area contributed by atoms with Crippen LogP contribution in [0.2, 0.25) is 0 Å². The van der Waals surface area contributed by atoms with E-state index in [4.69, 9.17) is 9.57 Å². The zero-order valence-electron chi connectivity index (χ0n) is 18.3. The number of rotatable bonds is 11. The van der Waals surface area contributed by atoms with Gasteiger partial charge in [-0.2, -0.15) is 4.39 Å². The molecule has 13 heteroatoms. The van der Waals surface area contributed by atoms with Crippen LogP contribution in [-0.2, 0) is 24.4 Å². The summed E-state index contributed by atoms with van der Waals surface area (Å²) in [5, 5.41) is 5.98. The Morgan fingerprint density at radius 3 is 2.73 bits per heavy atom. The Morgan fingerprint density at radius 2 is 2.12 bits per heavy atom. The fourth-order valence-electron chi connectivity index (χ4n) is 2.89. The summed E-state index contributed by atoms with van der Waals surface area (Å²) in [5.74, 6) is -0.666. The number of thiazole rings is 1. The van der Waals surface area contributed by atoms with Gasteiger partial charge in [-0.05, 0) is 39.2 Å². The van der Waals surface area contributed by atoms with E-state index in [0.717, 1.165) is 12.7 Å². The number of hydrogen-bond donors (Lipinski definition) is 2. The SMILES string of the molecule is CN(C)CCCNS(=O)(=O)c1ccc(C(=NO[C@@H]2CCOC2)C(=O)Nc2ncc(F)s2)cc1. The Kier molecular flexibility index (Phi) is 8.86. The maximum Gasteiger partial charge on any atom is 0.280 e. The smallest absolute Gasteiger partial charge is 0.280 e. The van der Waals surface area contributed by atoms with E-state index in [1.54, 1.807) is 0 Å². The highest BCUT2D eigenvalue weighted by Gasteiger charge is 2.22. The van der Waals surface area contributed by atoms with Crippen molar-refractivity contribution in [2.24, 2.45) is 5.16 Å². The normalized spacial score (nSPS) is 16.8. The molecule has 1 aliphatic heterocycles. The summed E-state index contributed by atoms with van der Waals surface area (Å²) in [6.45, 7) is 1.95. The molecule has 1 aliphatic rings. The molecule has 33 heavy (non-hydrogen) atoms. The Morgan fingerprint density at radius 1 is 1.36 bits per heavy atom. The minimum absolute atomic E-state index is 0.0583. The lowest BCUT2D eigenvalue weighted by Crippen LogP contribution is -2.27. The zero-order valence-corrected chi connectivity index (χ0v) is 19.9. The van der Waals surface area contributed by atoms with E-state index in [2.05, 4.69) is 20.2 Å². The molecule has 0 saturated carbocycles. The molecule has 0 unspecified atom stereocenters. The second kappa shape index (κ2) is 11.6. The topological polar surface area (TPSA) is 122 Å². The Labute approximate surface area is 195 Å². The molecule has 0 bridgehead atoms. The molecule has 1 saturated heterocycles. The average molecular weight is 500 g/mol. The molecule has 0 radical (unpaired) electrons. The van der Waals surface area contributed by atoms with Crippen LogP contribution in [0.5, 0.6) is 0 Å². The fraction of sp³-hybridized carbons (Fsp3) is 0.450. The molecule has 1 aromatic carbocycles. The first-order valence-electron chi connectivity index (χ1n) is 10.2. The molecule has 1 aromatic heterocycles. The van der Waals surface area contributed by atoms with E-state index in [9.17, 15) is 17.6 Å². The molecule has 180 valence electrons. The maximum atomic E-state index is 13.2. The summed E-state index contributed by atoms with van der Waals surface area (Å²) in [4.78, 5) is 24.0. The van der Waals surface area contributed by atoms with Crippen molar-refractivity contribution in [2.45, 2.75) is 23.8 Å². The highest BCUT2D eigenvalue weighted by atomic mass is 32.2. The van der Waals surface area contributed by atoms with Crippen LogP contribution in [0.25, 0.3) is 0 Å². The van der Waals surface area contributed by atoms with Gasteiger partial charge in [0.25, 0.3) is 5.91 Å². The maximum absolute atomic E-state index is 13.2. The van der Waals surface area contributed by atoms with Crippen molar-refractivity contribution in [3.63, 3.8) is 0 Å². The number of anilines is 1. The largest absolute Gasteiger partial charge is 0.389 e. The standard InChI is InChI=1S/C20H26FN5O5S2/c1-26(2)10-3-9-23-33(28,29)16-6-4-14(5-7-16)18(25-31-15-8-11-30-13-15)19(27)24-20-22-12-17(21)32-20/h4-7,12,15,23H,3,8-11,13H2,1-2H3,(H,22,24,27)/t15-/m1/s1. The van der Waals surface area contributed by atoms with Crippen LogP contribution in [0.4, 0.5) is 9.52 Å². The first-order valence-corrected chi connectivity index (χ1v) is 12.5. The van der Waals surface area contributed by atoms with Crippen LogP contribution in [0, 0.1) is 5.13 Å². The molecule has 2 N–H and O–H groups in total. The van der Waals surface area contributed by atoms with Gasteiger partial charge >= 0.3 is 0 Å². The highest BCUT2D eigenvalue weighted by molar-refractivity contribution is 7.89. The number of carbonyl (C=O) groups is 1. The van der Waals surface area contributed by atoms with Gasteiger partial charge in [-0.15, -0.1) is 0 Å². The summed E-state index contributed by atoms with van der Waals surface area (Å²) in [7, 11) is 0.129. The minimum Gasteiger partial charge on any atom is -0.389 e. The van der Waals surface area contributed by atoms with Gasteiger partial charge in [-0.1, -0.05) is 28.6 Å². The quantitative estimate of drug-likeness (QED) is 0.274. The number of halogens is 1. The summed E-state index contributed by atoms with van der Waals surface area (Å²) >= 11 is 0.673. The minimum atomic E-state index is -3.70. The number of benzene rings is 1. The van der Waals surface area contributed by atoms with Crippen LogP contribution in [0.15, 0.2) is 40.5 Å². The zero-order chi connectivity index (χ0) is 23.8. The van der Waals surface area contributed by atoms with Gasteiger partial charge in [-0.25, -0.2) is 18.1 Å². The number of carbonyl (C=O) groups excluding carboxylic acids is 1. The molecular weight excluding hydrogens is 473 g/mol. The number of amides is 1. The molecule has 2 aromatic rings. The van der Waals surface area contributed by atoms with Crippen molar-refractivity contribution in [3.8, 4) is 0 Å². The lowest BCUT2D eigenvalue weighted by molar-refractivity contribution is -0.110. The number of hydrogen-bond acceptors (Lipinski definition) is 9. The summed E-state index contributed by atoms with van der Waals surface area (Å²) in [6.07, 6.45) is 2.00. The Bertz CT molecular complexity index is 1070. The predicted molar refractivity (Wildman–Crippen MR) is 122 cm³/mol. The lowest BCUT2D eigenvalue weighted by atomic mass is 10.1. The second-order valence-corrected chi connectivity index (χ2v) is 10.3. The molecule has 1 atom stereocenters. The van der Waals surface area contributed by atoms with Crippen LogP contribution < -0.4 is 10.0 Å². The number of ether oxygens (including phenoxy) is 1. The van der Waals surface area contributed by atoms with Crippen molar-refractivity contribution >= 4 is 38.1 Å². The molecule has 1 fully saturated rings. The first kappa shape index (κ1) is 25.2. The molecular formula is C20H26FN5O5S2. The van der Waals surface area contributed by atoms with E-state index in [-0.39, 0.29) is 21.8 Å². The number of oxime groups is 1. The number of nitrogens with one attached hydrogen (secondary N) is 2. The predicted octanol–water partition coefficient (Wildman–Crippen LogP) is 1.66.